The highest BCUT2D eigenvalue weighted by Gasteiger charge is 2.29. The average Bonchev–Trinajstić information content (AvgIpc) is 3.46. The fourth-order valence-corrected chi connectivity index (χ4v) is 6.37. The van der Waals surface area contributed by atoms with Gasteiger partial charge in [-0.2, -0.15) is 0 Å². The molecular formula is C31H27NO4S. The normalized spacial score (nSPS) is 14.3. The minimum atomic E-state index is -1.05. The van der Waals surface area contributed by atoms with E-state index in [2.05, 4.69) is 41.7 Å². The van der Waals surface area contributed by atoms with Crippen molar-refractivity contribution >= 4 is 37.6 Å². The molecule has 1 heterocycles. The lowest BCUT2D eigenvalue weighted by molar-refractivity contribution is 0.0137. The van der Waals surface area contributed by atoms with Crippen LogP contribution in [0.25, 0.3) is 31.3 Å². The van der Waals surface area contributed by atoms with Crippen LogP contribution in [0.1, 0.15) is 35.1 Å². The first-order valence-corrected chi connectivity index (χ1v) is 13.3. The van der Waals surface area contributed by atoms with Gasteiger partial charge < -0.3 is 20.3 Å². The Morgan fingerprint density at radius 2 is 1.49 bits per heavy atom. The quantitative estimate of drug-likeness (QED) is 0.238. The van der Waals surface area contributed by atoms with E-state index in [1.807, 2.05) is 54.6 Å². The zero-order chi connectivity index (χ0) is 25.4. The Morgan fingerprint density at radius 3 is 2.24 bits per heavy atom. The summed E-state index contributed by atoms with van der Waals surface area (Å²) in [5, 5.41) is 26.3. The van der Waals surface area contributed by atoms with E-state index in [1.54, 1.807) is 11.3 Å². The summed E-state index contributed by atoms with van der Waals surface area (Å²) in [5.41, 5.74) is 5.33. The fourth-order valence-electron chi connectivity index (χ4n) is 5.28. The maximum Gasteiger partial charge on any atom is 0.407 e. The van der Waals surface area contributed by atoms with Crippen molar-refractivity contribution in [3.8, 4) is 11.1 Å². The summed E-state index contributed by atoms with van der Waals surface area (Å²) in [7, 11) is 0. The van der Waals surface area contributed by atoms with Gasteiger partial charge in [-0.05, 0) is 52.4 Å². The van der Waals surface area contributed by atoms with Gasteiger partial charge in [0, 0.05) is 32.6 Å². The number of fused-ring (bicyclic) bond motifs is 6. The molecule has 0 spiro atoms. The molecule has 1 aliphatic carbocycles. The molecule has 0 fully saturated rings. The molecule has 1 aromatic heterocycles. The van der Waals surface area contributed by atoms with E-state index in [9.17, 15) is 15.0 Å². The number of carbonyl (C=O) groups excluding carboxylic acids is 1. The molecule has 5 aromatic rings. The molecule has 0 saturated carbocycles. The zero-order valence-electron chi connectivity index (χ0n) is 20.1. The number of hydrogen-bond donors (Lipinski definition) is 3. The van der Waals surface area contributed by atoms with Crippen LogP contribution >= 0.6 is 11.3 Å². The molecule has 2 atom stereocenters. The van der Waals surface area contributed by atoms with Crippen LogP contribution < -0.4 is 5.32 Å². The Morgan fingerprint density at radius 1 is 0.838 bits per heavy atom. The summed E-state index contributed by atoms with van der Waals surface area (Å²) in [6.07, 6.45) is -2.40. The molecule has 1 amide bonds. The van der Waals surface area contributed by atoms with Crippen LogP contribution in [0, 0.1) is 0 Å². The summed E-state index contributed by atoms with van der Waals surface area (Å²) in [5.74, 6) is -0.00587. The summed E-state index contributed by atoms with van der Waals surface area (Å²) < 4.78 is 7.89. The van der Waals surface area contributed by atoms with Crippen molar-refractivity contribution in [2.75, 3.05) is 13.2 Å². The van der Waals surface area contributed by atoms with E-state index in [0.717, 1.165) is 26.6 Å². The summed E-state index contributed by atoms with van der Waals surface area (Å²) in [6.45, 7) is 0.429. The second kappa shape index (κ2) is 9.98. The number of thiophene rings is 1. The fraction of sp³-hybridized carbons (Fsp3) is 0.194. The number of hydrogen-bond acceptors (Lipinski definition) is 5. The highest BCUT2D eigenvalue weighted by molar-refractivity contribution is 7.25. The molecule has 0 radical (unpaired) electrons. The average molecular weight is 510 g/mol. The summed E-state index contributed by atoms with van der Waals surface area (Å²) in [4.78, 5) is 12.4. The first kappa shape index (κ1) is 23.7. The van der Waals surface area contributed by atoms with Crippen molar-refractivity contribution in [3.05, 3.63) is 108 Å². The summed E-state index contributed by atoms with van der Waals surface area (Å²) >= 11 is 1.71. The van der Waals surface area contributed by atoms with Crippen LogP contribution in [0.2, 0.25) is 0 Å². The Hall–Kier alpha value is -3.71. The molecule has 5 nitrogen and oxygen atoms in total. The Labute approximate surface area is 219 Å². The third-order valence-corrected chi connectivity index (χ3v) is 8.31. The predicted octanol–water partition coefficient (Wildman–Crippen LogP) is 6.38. The molecular weight excluding hydrogens is 482 g/mol. The van der Waals surface area contributed by atoms with Gasteiger partial charge in [-0.25, -0.2) is 4.79 Å². The van der Waals surface area contributed by atoms with E-state index < -0.39 is 18.3 Å². The minimum Gasteiger partial charge on any atom is -0.449 e. The van der Waals surface area contributed by atoms with E-state index >= 15 is 0 Å². The Bertz CT molecular complexity index is 1550. The number of aliphatic hydroxyl groups excluding tert-OH is 2. The van der Waals surface area contributed by atoms with Crippen molar-refractivity contribution in [1.82, 2.24) is 5.32 Å². The Kier molecular flexibility index (Phi) is 6.38. The minimum absolute atomic E-state index is 0.00587. The van der Waals surface area contributed by atoms with Crippen molar-refractivity contribution in [2.24, 2.45) is 0 Å². The first-order valence-electron chi connectivity index (χ1n) is 12.5. The second-order valence-electron chi connectivity index (χ2n) is 9.41. The number of benzene rings is 4. The van der Waals surface area contributed by atoms with Crippen LogP contribution in [0.3, 0.4) is 0 Å². The molecule has 6 rings (SSSR count). The topological polar surface area (TPSA) is 78.8 Å². The van der Waals surface area contributed by atoms with Gasteiger partial charge in [0.2, 0.25) is 0 Å². The van der Waals surface area contributed by atoms with Gasteiger partial charge in [-0.15, -0.1) is 11.3 Å². The van der Waals surface area contributed by atoms with Gasteiger partial charge in [0.25, 0.3) is 0 Å². The lowest BCUT2D eigenvalue weighted by Gasteiger charge is -2.19. The lowest BCUT2D eigenvalue weighted by atomic mass is 9.98. The number of ether oxygens (including phenoxy) is 1. The van der Waals surface area contributed by atoms with Gasteiger partial charge in [-0.1, -0.05) is 72.8 Å². The molecule has 2 unspecified atom stereocenters. The highest BCUT2D eigenvalue weighted by atomic mass is 32.1. The monoisotopic (exact) mass is 509 g/mol. The summed E-state index contributed by atoms with van der Waals surface area (Å²) in [6, 6.07) is 30.3. The van der Waals surface area contributed by atoms with Crippen LogP contribution in [0.4, 0.5) is 4.79 Å². The zero-order valence-corrected chi connectivity index (χ0v) is 20.9. The van der Waals surface area contributed by atoms with Gasteiger partial charge >= 0.3 is 6.09 Å². The molecule has 0 saturated heterocycles. The molecule has 0 bridgehead atoms. The van der Waals surface area contributed by atoms with Crippen LogP contribution in [-0.4, -0.2) is 35.6 Å². The van der Waals surface area contributed by atoms with Crippen molar-refractivity contribution in [1.29, 1.82) is 0 Å². The number of aliphatic hydroxyl groups is 2. The molecule has 186 valence electrons. The van der Waals surface area contributed by atoms with E-state index in [4.69, 9.17) is 4.74 Å². The number of nitrogens with one attached hydrogen (secondary N) is 1. The molecule has 0 aliphatic heterocycles. The maximum absolute atomic E-state index is 12.4. The number of amides is 1. The highest BCUT2D eigenvalue weighted by Crippen LogP contribution is 2.44. The number of carbonyl (C=O) groups is 1. The third-order valence-electron chi connectivity index (χ3n) is 7.16. The second-order valence-corrected chi connectivity index (χ2v) is 10.5. The Balaban J connectivity index is 1.04. The van der Waals surface area contributed by atoms with Gasteiger partial charge in [-0.3, -0.25) is 0 Å². The van der Waals surface area contributed by atoms with Gasteiger partial charge in [0.15, 0.2) is 0 Å². The van der Waals surface area contributed by atoms with E-state index in [-0.39, 0.29) is 25.5 Å². The standard InChI is InChI=1S/C31H27NO4S/c33-27(30(34)19-13-14-29-25(17-19)24-11-5-6-12-28(24)37-29)15-16-32-31(35)36-18-26-22-9-3-1-7-20(22)21-8-2-4-10-23(21)26/h1-14,17,26-27,30,33-34H,15-16,18H2,(H,32,35). The lowest BCUT2D eigenvalue weighted by Crippen LogP contribution is -2.30. The molecule has 4 aromatic carbocycles. The molecule has 37 heavy (non-hydrogen) atoms. The van der Waals surface area contributed by atoms with Crippen molar-refractivity contribution in [3.63, 3.8) is 0 Å². The van der Waals surface area contributed by atoms with E-state index in [1.165, 1.54) is 15.8 Å². The number of rotatable bonds is 7. The van der Waals surface area contributed by atoms with Crippen LogP contribution in [0.15, 0.2) is 91.0 Å². The van der Waals surface area contributed by atoms with Crippen molar-refractivity contribution < 1.29 is 19.7 Å². The van der Waals surface area contributed by atoms with Gasteiger partial charge in [0.05, 0.1) is 6.10 Å². The molecule has 3 N–H and O–H groups in total. The van der Waals surface area contributed by atoms with E-state index in [0.29, 0.717) is 5.56 Å². The maximum atomic E-state index is 12.4. The SMILES string of the molecule is O=C(NCCC(O)C(O)c1ccc2sc3ccccc3c2c1)OCC1c2ccccc2-c2ccccc21. The van der Waals surface area contributed by atoms with Gasteiger partial charge in [0.1, 0.15) is 12.7 Å². The molecule has 1 aliphatic rings. The largest absolute Gasteiger partial charge is 0.449 e. The predicted molar refractivity (Wildman–Crippen MR) is 148 cm³/mol. The third kappa shape index (κ3) is 4.48. The molecule has 6 heteroatoms. The van der Waals surface area contributed by atoms with Crippen LogP contribution in [-0.2, 0) is 4.74 Å². The van der Waals surface area contributed by atoms with Crippen molar-refractivity contribution in [2.45, 2.75) is 24.5 Å². The first-order chi connectivity index (χ1) is 18.1. The van der Waals surface area contributed by atoms with Crippen LogP contribution in [0.5, 0.6) is 0 Å². The number of alkyl carbamates (subject to hydrolysis) is 1. The smallest absolute Gasteiger partial charge is 0.407 e.